The fourth-order valence-corrected chi connectivity index (χ4v) is 4.97. The van der Waals surface area contributed by atoms with E-state index < -0.39 is 0 Å². The molecule has 2 nitrogen and oxygen atoms in total. The Morgan fingerprint density at radius 1 is 0.769 bits per heavy atom. The second-order valence-electron chi connectivity index (χ2n) is 7.48. The van der Waals surface area contributed by atoms with Crippen LogP contribution < -0.4 is 4.57 Å². The molecular weight excluding hydrogens is 316 g/mol. The van der Waals surface area contributed by atoms with E-state index in [2.05, 4.69) is 90.7 Å². The minimum atomic E-state index is 1.29. The van der Waals surface area contributed by atoms with E-state index in [-0.39, 0.29) is 0 Å². The molecule has 0 aliphatic heterocycles. The molecule has 2 heteroatoms. The highest BCUT2D eigenvalue weighted by Gasteiger charge is 2.24. The molecule has 0 aliphatic carbocycles. The van der Waals surface area contributed by atoms with Crippen LogP contribution in [0.25, 0.3) is 49.0 Å². The van der Waals surface area contributed by atoms with Crippen LogP contribution in [0.3, 0.4) is 0 Å². The number of aryl methyl sites for hydroxylation is 3. The van der Waals surface area contributed by atoms with Crippen LogP contribution in [-0.2, 0) is 7.05 Å². The molecule has 3 heterocycles. The van der Waals surface area contributed by atoms with E-state index in [9.17, 15) is 0 Å². The van der Waals surface area contributed by atoms with E-state index in [0.29, 0.717) is 0 Å². The monoisotopic (exact) mass is 335 g/mol. The molecule has 0 atom stereocenters. The molecule has 0 amide bonds. The van der Waals surface area contributed by atoms with Gasteiger partial charge < -0.3 is 4.40 Å². The van der Waals surface area contributed by atoms with E-state index >= 15 is 0 Å². The molecule has 0 aliphatic rings. The second-order valence-corrected chi connectivity index (χ2v) is 7.48. The molecule has 26 heavy (non-hydrogen) atoms. The predicted octanol–water partition coefficient (Wildman–Crippen LogP) is 5.43. The van der Waals surface area contributed by atoms with E-state index in [1.807, 2.05) is 0 Å². The van der Waals surface area contributed by atoms with Gasteiger partial charge >= 0.3 is 0 Å². The summed E-state index contributed by atoms with van der Waals surface area (Å²) in [6.07, 6.45) is 2.19. The molecule has 3 aromatic carbocycles. The van der Waals surface area contributed by atoms with Crippen molar-refractivity contribution in [2.45, 2.75) is 13.8 Å². The topological polar surface area (TPSA) is 8.29 Å². The van der Waals surface area contributed by atoms with Crippen LogP contribution in [0.4, 0.5) is 0 Å². The van der Waals surface area contributed by atoms with Crippen LogP contribution in [0, 0.1) is 13.8 Å². The molecular formula is C24H19N2+. The lowest BCUT2D eigenvalue weighted by Crippen LogP contribution is -2.28. The first-order valence-corrected chi connectivity index (χ1v) is 9.12. The summed E-state index contributed by atoms with van der Waals surface area (Å²) >= 11 is 0. The zero-order chi connectivity index (χ0) is 17.6. The summed E-state index contributed by atoms with van der Waals surface area (Å²) in [6, 6.07) is 20.0. The normalized spacial score (nSPS) is 12.4. The molecule has 0 spiro atoms. The average Bonchev–Trinajstić information content (AvgIpc) is 2.99. The first kappa shape index (κ1) is 14.1. The Hall–Kier alpha value is -3.13. The van der Waals surface area contributed by atoms with Crippen LogP contribution in [0.15, 0.2) is 60.8 Å². The summed E-state index contributed by atoms with van der Waals surface area (Å²) in [4.78, 5) is 0. The molecule has 6 aromatic rings. The molecule has 0 unspecified atom stereocenters. The molecule has 0 saturated heterocycles. The number of hydrogen-bond donors (Lipinski definition) is 0. The van der Waals surface area contributed by atoms with Gasteiger partial charge in [0.05, 0.1) is 27.3 Å². The number of hydrogen-bond acceptors (Lipinski definition) is 0. The lowest BCUT2D eigenvalue weighted by atomic mass is 9.97. The van der Waals surface area contributed by atoms with Crippen molar-refractivity contribution in [1.29, 1.82) is 0 Å². The predicted molar refractivity (Wildman–Crippen MR) is 109 cm³/mol. The highest BCUT2D eigenvalue weighted by molar-refractivity contribution is 6.26. The van der Waals surface area contributed by atoms with Crippen molar-refractivity contribution in [3.8, 4) is 0 Å². The molecule has 6 rings (SSSR count). The molecule has 3 aromatic heterocycles. The summed E-state index contributed by atoms with van der Waals surface area (Å²) in [7, 11) is 2.16. The van der Waals surface area contributed by atoms with Gasteiger partial charge in [0.25, 0.3) is 0 Å². The van der Waals surface area contributed by atoms with Gasteiger partial charge in [-0.3, -0.25) is 0 Å². The van der Waals surface area contributed by atoms with Gasteiger partial charge in [-0.05, 0) is 42.5 Å². The van der Waals surface area contributed by atoms with Crippen LogP contribution in [0.2, 0.25) is 0 Å². The Kier molecular flexibility index (Phi) is 2.45. The van der Waals surface area contributed by atoms with Crippen molar-refractivity contribution in [2.75, 3.05) is 0 Å². The lowest BCUT2D eigenvalue weighted by molar-refractivity contribution is -0.643. The highest BCUT2D eigenvalue weighted by Crippen LogP contribution is 2.41. The minimum Gasteiger partial charge on any atom is -0.307 e. The average molecular weight is 335 g/mol. The second kappa shape index (κ2) is 4.53. The van der Waals surface area contributed by atoms with Crippen LogP contribution in [-0.4, -0.2) is 4.40 Å². The van der Waals surface area contributed by atoms with Gasteiger partial charge in [-0.15, -0.1) is 0 Å². The van der Waals surface area contributed by atoms with Gasteiger partial charge in [-0.25, -0.2) is 4.57 Å². The maximum Gasteiger partial charge on any atom is 0.224 e. The Morgan fingerprint density at radius 3 is 2.42 bits per heavy atom. The quantitative estimate of drug-likeness (QED) is 0.199. The Bertz CT molecular complexity index is 1500. The van der Waals surface area contributed by atoms with Crippen molar-refractivity contribution in [3.05, 3.63) is 71.9 Å². The highest BCUT2D eigenvalue weighted by atomic mass is 15.0. The number of para-hydroxylation sites is 1. The van der Waals surface area contributed by atoms with Crippen molar-refractivity contribution in [3.63, 3.8) is 0 Å². The number of nitrogens with zero attached hydrogens (tertiary/aromatic N) is 2. The summed E-state index contributed by atoms with van der Waals surface area (Å²) < 4.78 is 4.76. The lowest BCUT2D eigenvalue weighted by Gasteiger charge is -2.13. The largest absolute Gasteiger partial charge is 0.307 e. The van der Waals surface area contributed by atoms with Crippen molar-refractivity contribution < 1.29 is 4.57 Å². The summed E-state index contributed by atoms with van der Waals surface area (Å²) in [6.45, 7) is 4.49. The van der Waals surface area contributed by atoms with Crippen molar-refractivity contribution in [2.24, 2.45) is 7.05 Å². The standard InChI is InChI=1S/C24H19N2/c1-14-13-15(2)21-23-22-16(11-12-25(23)3)7-6-10-19(22)26-18-9-5-4-8-17(18)20(14)24(21)26/h4-13H,1-3H3/q+1. The number of benzene rings is 3. The zero-order valence-electron chi connectivity index (χ0n) is 15.2. The van der Waals surface area contributed by atoms with Gasteiger partial charge in [-0.1, -0.05) is 36.4 Å². The number of rotatable bonds is 0. The van der Waals surface area contributed by atoms with Gasteiger partial charge in [0.15, 0.2) is 6.20 Å². The van der Waals surface area contributed by atoms with Crippen molar-refractivity contribution >= 4 is 49.0 Å². The third-order valence-electron chi connectivity index (χ3n) is 5.95. The molecule has 0 fully saturated rings. The molecule has 0 bridgehead atoms. The van der Waals surface area contributed by atoms with E-state index in [1.54, 1.807) is 0 Å². The molecule has 0 saturated carbocycles. The van der Waals surface area contributed by atoms with Gasteiger partial charge in [-0.2, -0.15) is 0 Å². The van der Waals surface area contributed by atoms with E-state index in [4.69, 9.17) is 0 Å². The summed E-state index contributed by atoms with van der Waals surface area (Å²) in [5.41, 5.74) is 7.96. The Balaban J connectivity index is 2.18. The third kappa shape index (κ3) is 1.47. The minimum absolute atomic E-state index is 1.29. The number of fused-ring (bicyclic) bond motifs is 5. The Morgan fingerprint density at radius 2 is 1.54 bits per heavy atom. The smallest absolute Gasteiger partial charge is 0.224 e. The van der Waals surface area contributed by atoms with E-state index in [1.165, 1.54) is 60.1 Å². The van der Waals surface area contributed by atoms with Crippen LogP contribution in [0.5, 0.6) is 0 Å². The molecule has 124 valence electrons. The van der Waals surface area contributed by atoms with Gasteiger partial charge in [0.2, 0.25) is 5.52 Å². The van der Waals surface area contributed by atoms with Crippen molar-refractivity contribution in [1.82, 2.24) is 4.40 Å². The number of pyridine rings is 2. The Labute approximate surface area is 151 Å². The maximum absolute atomic E-state index is 2.48. The van der Waals surface area contributed by atoms with Gasteiger partial charge in [0.1, 0.15) is 7.05 Å². The summed E-state index contributed by atoms with van der Waals surface area (Å²) in [5.74, 6) is 0. The SMILES string of the molecule is Cc1cc(C)c2c3c1c1ccccc1n3c1cccc3cc[n+](C)c2c31. The van der Waals surface area contributed by atoms with Crippen LogP contribution in [0.1, 0.15) is 11.1 Å². The summed E-state index contributed by atoms with van der Waals surface area (Å²) in [5, 5.41) is 6.74. The first-order valence-electron chi connectivity index (χ1n) is 9.12. The maximum atomic E-state index is 2.48. The molecule has 0 N–H and O–H groups in total. The third-order valence-corrected chi connectivity index (χ3v) is 5.95. The fraction of sp³-hybridized carbons (Fsp3) is 0.125. The van der Waals surface area contributed by atoms with Gasteiger partial charge in [0, 0.05) is 16.8 Å². The fourth-order valence-electron chi connectivity index (χ4n) is 4.97. The van der Waals surface area contributed by atoms with E-state index in [0.717, 1.165) is 0 Å². The number of aromatic nitrogens is 2. The van der Waals surface area contributed by atoms with Crippen LogP contribution >= 0.6 is 0 Å². The first-order chi connectivity index (χ1) is 12.7. The zero-order valence-corrected chi connectivity index (χ0v) is 15.2. The molecule has 0 radical (unpaired) electrons.